The fourth-order valence-electron chi connectivity index (χ4n) is 2.49. The standard InChI is InChI=1S/C17H17BrFNO3S/c1-23-17-9-8-15(10-16(17)18)24(21,22)20(14-6-7-14)11-12-2-4-13(19)5-3-12/h2-5,8-10,14H,6-7,11H2,1H3. The summed E-state index contributed by atoms with van der Waals surface area (Å²) in [5.74, 6) is 0.240. The zero-order chi connectivity index (χ0) is 17.3. The predicted octanol–water partition coefficient (Wildman–Crippen LogP) is 3.95. The van der Waals surface area contributed by atoms with E-state index in [1.54, 1.807) is 30.3 Å². The number of ether oxygens (including phenoxy) is 1. The maximum absolute atomic E-state index is 13.1. The molecule has 0 atom stereocenters. The molecule has 128 valence electrons. The fourth-order valence-corrected chi connectivity index (χ4v) is 4.88. The van der Waals surface area contributed by atoms with E-state index < -0.39 is 10.0 Å². The monoisotopic (exact) mass is 413 g/mol. The number of nitrogens with zero attached hydrogens (tertiary/aromatic N) is 1. The molecule has 0 heterocycles. The number of rotatable bonds is 6. The van der Waals surface area contributed by atoms with E-state index in [1.165, 1.54) is 23.5 Å². The molecule has 0 radical (unpaired) electrons. The van der Waals surface area contributed by atoms with Crippen molar-refractivity contribution in [3.05, 3.63) is 58.3 Å². The Kier molecular flexibility index (Phi) is 4.94. The lowest BCUT2D eigenvalue weighted by Gasteiger charge is -2.22. The molecular weight excluding hydrogens is 397 g/mol. The van der Waals surface area contributed by atoms with E-state index in [1.807, 2.05) is 0 Å². The second-order valence-corrected chi connectivity index (χ2v) is 8.45. The van der Waals surface area contributed by atoms with Gasteiger partial charge in [-0.25, -0.2) is 12.8 Å². The van der Waals surface area contributed by atoms with Crippen LogP contribution in [0.25, 0.3) is 0 Å². The minimum Gasteiger partial charge on any atom is -0.496 e. The molecule has 0 unspecified atom stereocenters. The molecule has 0 aromatic heterocycles. The molecule has 0 N–H and O–H groups in total. The Bertz CT molecular complexity index is 835. The smallest absolute Gasteiger partial charge is 0.243 e. The van der Waals surface area contributed by atoms with Gasteiger partial charge in [0.1, 0.15) is 11.6 Å². The average Bonchev–Trinajstić information content (AvgIpc) is 3.38. The van der Waals surface area contributed by atoms with Crippen molar-refractivity contribution < 1.29 is 17.5 Å². The number of benzene rings is 2. The molecule has 4 nitrogen and oxygen atoms in total. The van der Waals surface area contributed by atoms with E-state index in [-0.39, 0.29) is 23.3 Å². The molecule has 1 aliphatic rings. The SMILES string of the molecule is COc1ccc(S(=O)(=O)N(Cc2ccc(F)cc2)C2CC2)cc1Br. The van der Waals surface area contributed by atoms with Crippen LogP contribution in [-0.4, -0.2) is 25.9 Å². The third-order valence-electron chi connectivity index (χ3n) is 3.94. The largest absolute Gasteiger partial charge is 0.496 e. The van der Waals surface area contributed by atoms with Crippen LogP contribution in [0, 0.1) is 5.82 Å². The molecule has 2 aromatic rings. The maximum atomic E-state index is 13.1. The van der Waals surface area contributed by atoms with Crippen molar-refractivity contribution in [1.82, 2.24) is 4.31 Å². The quantitative estimate of drug-likeness (QED) is 0.719. The highest BCUT2D eigenvalue weighted by Gasteiger charge is 2.38. The molecule has 0 aliphatic heterocycles. The normalized spacial score (nSPS) is 14.8. The summed E-state index contributed by atoms with van der Waals surface area (Å²) in [5.41, 5.74) is 0.763. The van der Waals surface area contributed by atoms with Gasteiger partial charge in [0.25, 0.3) is 0 Å². The van der Waals surface area contributed by atoms with Crippen molar-refractivity contribution in [2.75, 3.05) is 7.11 Å². The van der Waals surface area contributed by atoms with Gasteiger partial charge in [-0.1, -0.05) is 12.1 Å². The molecule has 0 saturated heterocycles. The number of halogens is 2. The molecule has 1 saturated carbocycles. The van der Waals surface area contributed by atoms with Gasteiger partial charge in [-0.05, 0) is 64.7 Å². The van der Waals surface area contributed by atoms with Gasteiger partial charge in [0.05, 0.1) is 16.5 Å². The lowest BCUT2D eigenvalue weighted by Crippen LogP contribution is -2.32. The Morgan fingerprint density at radius 3 is 2.42 bits per heavy atom. The average molecular weight is 414 g/mol. The molecule has 24 heavy (non-hydrogen) atoms. The van der Waals surface area contributed by atoms with Crippen LogP contribution < -0.4 is 4.74 Å². The van der Waals surface area contributed by atoms with Crippen LogP contribution in [-0.2, 0) is 16.6 Å². The summed E-state index contributed by atoms with van der Waals surface area (Å²) in [7, 11) is -2.11. The van der Waals surface area contributed by atoms with E-state index in [4.69, 9.17) is 4.74 Å². The minimum absolute atomic E-state index is 0.000861. The van der Waals surface area contributed by atoms with Gasteiger partial charge in [-0.3, -0.25) is 0 Å². The predicted molar refractivity (Wildman–Crippen MR) is 92.8 cm³/mol. The molecule has 0 bridgehead atoms. The van der Waals surface area contributed by atoms with Gasteiger partial charge in [0, 0.05) is 12.6 Å². The van der Waals surface area contributed by atoms with E-state index in [2.05, 4.69) is 15.9 Å². The number of hydrogen-bond acceptors (Lipinski definition) is 3. The van der Waals surface area contributed by atoms with E-state index in [9.17, 15) is 12.8 Å². The minimum atomic E-state index is -3.64. The van der Waals surface area contributed by atoms with E-state index in [0.717, 1.165) is 18.4 Å². The first-order valence-corrected chi connectivity index (χ1v) is 9.75. The first kappa shape index (κ1) is 17.4. The summed E-state index contributed by atoms with van der Waals surface area (Å²) in [4.78, 5) is 0.212. The molecule has 2 aromatic carbocycles. The highest BCUT2D eigenvalue weighted by molar-refractivity contribution is 9.10. The summed E-state index contributed by atoms with van der Waals surface area (Å²) in [6.45, 7) is 0.233. The molecule has 1 fully saturated rings. The van der Waals surface area contributed by atoms with Crippen molar-refractivity contribution in [1.29, 1.82) is 0 Å². The zero-order valence-corrected chi connectivity index (χ0v) is 15.5. The molecule has 0 amide bonds. The third-order valence-corrected chi connectivity index (χ3v) is 6.45. The van der Waals surface area contributed by atoms with Crippen molar-refractivity contribution in [2.24, 2.45) is 0 Å². The molecule has 1 aliphatic carbocycles. The van der Waals surface area contributed by atoms with Crippen molar-refractivity contribution in [2.45, 2.75) is 30.3 Å². The van der Waals surface area contributed by atoms with E-state index in [0.29, 0.717) is 10.2 Å². The molecule has 0 spiro atoms. The Hall–Kier alpha value is -1.44. The topological polar surface area (TPSA) is 46.6 Å². The number of sulfonamides is 1. The summed E-state index contributed by atoms with van der Waals surface area (Å²) in [6, 6.07) is 10.6. The van der Waals surface area contributed by atoms with Gasteiger partial charge in [-0.15, -0.1) is 0 Å². The Labute approximate surface area is 149 Å². The Balaban J connectivity index is 1.92. The number of hydrogen-bond donors (Lipinski definition) is 0. The van der Waals surface area contributed by atoms with E-state index >= 15 is 0 Å². The van der Waals surface area contributed by atoms with Crippen molar-refractivity contribution >= 4 is 26.0 Å². The van der Waals surface area contributed by atoms with Gasteiger partial charge >= 0.3 is 0 Å². The first-order valence-electron chi connectivity index (χ1n) is 7.51. The summed E-state index contributed by atoms with van der Waals surface area (Å²) < 4.78 is 46.3. The lowest BCUT2D eigenvalue weighted by atomic mass is 10.2. The Morgan fingerprint density at radius 2 is 1.88 bits per heavy atom. The molecule has 7 heteroatoms. The van der Waals surface area contributed by atoms with Gasteiger partial charge in [-0.2, -0.15) is 4.31 Å². The fraction of sp³-hybridized carbons (Fsp3) is 0.294. The van der Waals surface area contributed by atoms with Crippen LogP contribution in [0.5, 0.6) is 5.75 Å². The van der Waals surface area contributed by atoms with Crippen molar-refractivity contribution in [3.63, 3.8) is 0 Å². The summed E-state index contributed by atoms with van der Waals surface area (Å²) in [6.07, 6.45) is 1.69. The van der Waals surface area contributed by atoms with Crippen LogP contribution in [0.15, 0.2) is 51.8 Å². The highest BCUT2D eigenvalue weighted by Crippen LogP contribution is 2.35. The summed E-state index contributed by atoms with van der Waals surface area (Å²) in [5, 5.41) is 0. The Morgan fingerprint density at radius 1 is 1.21 bits per heavy atom. The molecular formula is C17H17BrFNO3S. The van der Waals surface area contributed by atoms with Crippen LogP contribution in [0.4, 0.5) is 4.39 Å². The lowest BCUT2D eigenvalue weighted by molar-refractivity contribution is 0.397. The second kappa shape index (κ2) is 6.82. The van der Waals surface area contributed by atoms with Gasteiger partial charge in [0.15, 0.2) is 0 Å². The van der Waals surface area contributed by atoms with Crippen molar-refractivity contribution in [3.8, 4) is 5.75 Å². The highest BCUT2D eigenvalue weighted by atomic mass is 79.9. The van der Waals surface area contributed by atoms with Gasteiger partial charge < -0.3 is 4.74 Å². The third kappa shape index (κ3) is 3.63. The van der Waals surface area contributed by atoms with Crippen LogP contribution in [0.1, 0.15) is 18.4 Å². The van der Waals surface area contributed by atoms with Crippen LogP contribution in [0.2, 0.25) is 0 Å². The van der Waals surface area contributed by atoms with Crippen LogP contribution in [0.3, 0.4) is 0 Å². The molecule has 3 rings (SSSR count). The van der Waals surface area contributed by atoms with Crippen LogP contribution >= 0.6 is 15.9 Å². The maximum Gasteiger partial charge on any atom is 0.243 e. The van der Waals surface area contributed by atoms with Gasteiger partial charge in [0.2, 0.25) is 10.0 Å². The second-order valence-electron chi connectivity index (χ2n) is 5.70. The zero-order valence-electron chi connectivity index (χ0n) is 13.1. The number of methoxy groups -OCH3 is 1. The summed E-state index contributed by atoms with van der Waals surface area (Å²) >= 11 is 3.33. The first-order chi connectivity index (χ1) is 11.4.